The molecule has 0 aliphatic carbocycles. The molecule has 8 heteroatoms. The van der Waals surface area contributed by atoms with E-state index in [1.807, 2.05) is 10.1 Å². The van der Waals surface area contributed by atoms with Crippen LogP contribution in [0.1, 0.15) is 259 Å². The van der Waals surface area contributed by atoms with Crippen LogP contribution < -0.4 is 0 Å². The summed E-state index contributed by atoms with van der Waals surface area (Å²) >= 11 is 0. The minimum absolute atomic E-state index is 0.0606. The lowest BCUT2D eigenvalue weighted by Gasteiger charge is -2.22. The zero-order valence-corrected chi connectivity index (χ0v) is 39.5. The van der Waals surface area contributed by atoms with Gasteiger partial charge in [0.25, 0.3) is 0 Å². The number of aliphatic hydroxyl groups excluding tert-OH is 1. The fourth-order valence-corrected chi connectivity index (χ4v) is 7.76. The third kappa shape index (κ3) is 41.5. The molecular weight excluding hydrogens is 723 g/mol. The zero-order valence-electron chi connectivity index (χ0n) is 39.5. The third-order valence-corrected chi connectivity index (χ3v) is 11.6. The van der Waals surface area contributed by atoms with Crippen molar-refractivity contribution < 1.29 is 24.4 Å². The Balaban J connectivity index is 4.45. The van der Waals surface area contributed by atoms with Crippen LogP contribution in [0.5, 0.6) is 0 Å². The van der Waals surface area contributed by atoms with Crippen LogP contribution in [0.2, 0.25) is 0 Å². The SMILES string of the molecule is CCCCCCCCN(CCCCCCCC)OC(=O)CCCCCCN(CCCCO)CCCCCCC(=O)ON(CCCCCCCC)CCCCCCCC. The molecule has 0 heterocycles. The average Bonchev–Trinajstić information content (AvgIpc) is 3.22. The fourth-order valence-electron chi connectivity index (χ4n) is 7.76. The van der Waals surface area contributed by atoms with Gasteiger partial charge in [-0.3, -0.25) is 9.59 Å². The molecular formula is C50H101N3O5. The smallest absolute Gasteiger partial charge is 0.325 e. The van der Waals surface area contributed by atoms with Gasteiger partial charge in [-0.15, -0.1) is 10.1 Å². The molecule has 0 aliphatic rings. The molecule has 0 atom stereocenters. The molecule has 1 N–H and O–H groups in total. The molecule has 0 fully saturated rings. The molecule has 0 unspecified atom stereocenters. The molecule has 0 rings (SSSR count). The molecule has 0 spiro atoms. The van der Waals surface area contributed by atoms with Gasteiger partial charge in [0.05, 0.1) is 0 Å². The van der Waals surface area contributed by atoms with E-state index in [2.05, 4.69) is 32.6 Å². The second kappa shape index (κ2) is 46.8. The van der Waals surface area contributed by atoms with Crippen LogP contribution in [0, 0.1) is 0 Å². The minimum Gasteiger partial charge on any atom is -0.396 e. The summed E-state index contributed by atoms with van der Waals surface area (Å²) in [5.74, 6) is -0.121. The monoisotopic (exact) mass is 824 g/mol. The van der Waals surface area contributed by atoms with Crippen molar-refractivity contribution in [1.82, 2.24) is 15.0 Å². The van der Waals surface area contributed by atoms with E-state index in [0.717, 1.165) is 136 Å². The van der Waals surface area contributed by atoms with Crippen molar-refractivity contribution in [3.63, 3.8) is 0 Å². The molecule has 0 amide bonds. The van der Waals surface area contributed by atoms with Crippen molar-refractivity contribution >= 4 is 11.9 Å². The molecule has 0 aromatic carbocycles. The summed E-state index contributed by atoms with van der Waals surface area (Å²) in [5, 5.41) is 13.3. The van der Waals surface area contributed by atoms with Crippen molar-refractivity contribution in [1.29, 1.82) is 0 Å². The highest BCUT2D eigenvalue weighted by molar-refractivity contribution is 5.69. The maximum atomic E-state index is 12.8. The minimum atomic E-state index is -0.0606. The van der Waals surface area contributed by atoms with E-state index in [9.17, 15) is 14.7 Å². The van der Waals surface area contributed by atoms with Gasteiger partial charge in [-0.25, -0.2) is 0 Å². The maximum Gasteiger partial charge on any atom is 0.325 e. The van der Waals surface area contributed by atoms with Crippen LogP contribution in [0.4, 0.5) is 0 Å². The Labute approximate surface area is 361 Å². The first-order valence-corrected chi connectivity index (χ1v) is 25.7. The molecule has 0 radical (unpaired) electrons. The number of hydrogen-bond donors (Lipinski definition) is 1. The van der Waals surface area contributed by atoms with Crippen molar-refractivity contribution in [3.8, 4) is 0 Å². The highest BCUT2D eigenvalue weighted by Gasteiger charge is 2.14. The summed E-state index contributed by atoms with van der Waals surface area (Å²) in [5.41, 5.74) is 0. The standard InChI is InChI=1S/C50H101N3O5/c1-5-9-13-17-23-33-44-52(45-34-24-18-14-10-6-2)57-49(55)39-29-21-27-31-41-51(43-37-38-48-54)42-32-28-22-30-40-50(56)58-53(46-35-25-19-15-11-7-3)47-36-26-20-16-12-8-4/h54H,5-48H2,1-4H3. The number of hydroxylamine groups is 4. The fraction of sp³-hybridized carbons (Fsp3) is 0.960. The first-order chi connectivity index (χ1) is 28.5. The van der Waals surface area contributed by atoms with Crippen LogP contribution in [0.25, 0.3) is 0 Å². The van der Waals surface area contributed by atoms with E-state index < -0.39 is 0 Å². The maximum absolute atomic E-state index is 12.8. The topological polar surface area (TPSA) is 82.6 Å². The molecule has 8 nitrogen and oxygen atoms in total. The first kappa shape index (κ1) is 56.8. The summed E-state index contributed by atoms with van der Waals surface area (Å²) in [6, 6.07) is 0. The number of rotatable bonds is 48. The van der Waals surface area contributed by atoms with E-state index >= 15 is 0 Å². The van der Waals surface area contributed by atoms with Gasteiger partial charge < -0.3 is 19.7 Å². The summed E-state index contributed by atoms with van der Waals surface area (Å²) in [7, 11) is 0. The summed E-state index contributed by atoms with van der Waals surface area (Å²) in [6.07, 6.45) is 41.3. The lowest BCUT2D eigenvalue weighted by atomic mass is 10.1. The Morgan fingerprint density at radius 1 is 0.328 bits per heavy atom. The number of unbranched alkanes of at least 4 members (excludes halogenated alkanes) is 27. The third-order valence-electron chi connectivity index (χ3n) is 11.6. The molecule has 58 heavy (non-hydrogen) atoms. The number of aliphatic hydroxyl groups is 1. The van der Waals surface area contributed by atoms with Crippen LogP contribution in [0.15, 0.2) is 0 Å². The Morgan fingerprint density at radius 3 is 0.862 bits per heavy atom. The van der Waals surface area contributed by atoms with Crippen molar-refractivity contribution in [2.45, 2.75) is 259 Å². The Hall–Kier alpha value is -1.22. The Morgan fingerprint density at radius 2 is 0.569 bits per heavy atom. The summed E-state index contributed by atoms with van der Waals surface area (Å²) in [4.78, 5) is 40.0. The van der Waals surface area contributed by atoms with Crippen molar-refractivity contribution in [2.24, 2.45) is 0 Å². The average molecular weight is 824 g/mol. The second-order valence-electron chi connectivity index (χ2n) is 17.5. The zero-order chi connectivity index (χ0) is 42.4. The van der Waals surface area contributed by atoms with Crippen molar-refractivity contribution in [3.05, 3.63) is 0 Å². The van der Waals surface area contributed by atoms with Gasteiger partial charge in [0.1, 0.15) is 0 Å². The molecule has 346 valence electrons. The van der Waals surface area contributed by atoms with Gasteiger partial charge in [0.2, 0.25) is 0 Å². The summed E-state index contributed by atoms with van der Waals surface area (Å²) in [6.45, 7) is 15.9. The van der Waals surface area contributed by atoms with Crippen LogP contribution in [-0.4, -0.2) is 84.5 Å². The van der Waals surface area contributed by atoms with Crippen molar-refractivity contribution in [2.75, 3.05) is 52.4 Å². The normalized spacial score (nSPS) is 11.7. The highest BCUT2D eigenvalue weighted by atomic mass is 16.7. The quantitative estimate of drug-likeness (QED) is 0.0480. The lowest BCUT2D eigenvalue weighted by molar-refractivity contribution is -0.192. The van der Waals surface area contributed by atoms with Gasteiger partial charge in [0, 0.05) is 45.6 Å². The number of hydrogen-bond acceptors (Lipinski definition) is 8. The first-order valence-electron chi connectivity index (χ1n) is 25.7. The van der Waals surface area contributed by atoms with Crippen LogP contribution in [0.3, 0.4) is 0 Å². The molecule has 0 aromatic rings. The van der Waals surface area contributed by atoms with E-state index in [4.69, 9.17) is 9.68 Å². The van der Waals surface area contributed by atoms with E-state index in [1.54, 1.807) is 0 Å². The second-order valence-corrected chi connectivity index (χ2v) is 17.5. The highest BCUT2D eigenvalue weighted by Crippen LogP contribution is 2.14. The van der Waals surface area contributed by atoms with E-state index in [1.165, 1.54) is 128 Å². The number of nitrogens with zero attached hydrogens (tertiary/aromatic N) is 3. The van der Waals surface area contributed by atoms with Crippen LogP contribution in [-0.2, 0) is 19.3 Å². The molecule has 0 saturated heterocycles. The number of carbonyl (C=O) groups excluding carboxylic acids is 2. The predicted octanol–water partition coefficient (Wildman–Crippen LogP) is 13.9. The van der Waals surface area contributed by atoms with Gasteiger partial charge in [-0.1, -0.05) is 182 Å². The Bertz CT molecular complexity index is 752. The molecule has 0 aromatic heterocycles. The Kier molecular flexibility index (Phi) is 45.9. The predicted molar refractivity (Wildman–Crippen MR) is 248 cm³/mol. The van der Waals surface area contributed by atoms with Gasteiger partial charge >= 0.3 is 11.9 Å². The summed E-state index contributed by atoms with van der Waals surface area (Å²) < 4.78 is 0. The van der Waals surface area contributed by atoms with Crippen LogP contribution >= 0.6 is 0 Å². The molecule has 0 aliphatic heterocycles. The number of carbonyl (C=O) groups is 2. The van der Waals surface area contributed by atoms with E-state index in [0.29, 0.717) is 12.8 Å². The van der Waals surface area contributed by atoms with Gasteiger partial charge in [-0.2, -0.15) is 0 Å². The molecule has 0 saturated carbocycles. The van der Waals surface area contributed by atoms with Gasteiger partial charge in [0.15, 0.2) is 0 Å². The lowest BCUT2D eigenvalue weighted by Crippen LogP contribution is -2.29. The molecule has 0 bridgehead atoms. The largest absolute Gasteiger partial charge is 0.396 e. The van der Waals surface area contributed by atoms with Gasteiger partial charge in [-0.05, 0) is 83.8 Å². The van der Waals surface area contributed by atoms with E-state index in [-0.39, 0.29) is 18.5 Å².